The fraction of sp³-hybridized carbons (Fsp3) is 0.267. The zero-order chi connectivity index (χ0) is 16.0. The van der Waals surface area contributed by atoms with Crippen LogP contribution in [0, 0.1) is 0 Å². The highest BCUT2D eigenvalue weighted by Gasteiger charge is 2.33. The highest BCUT2D eigenvalue weighted by molar-refractivity contribution is 7.91. The second-order valence-corrected chi connectivity index (χ2v) is 7.51. The van der Waals surface area contributed by atoms with Gasteiger partial charge >= 0.3 is 0 Å². The van der Waals surface area contributed by atoms with E-state index >= 15 is 0 Å². The summed E-state index contributed by atoms with van der Waals surface area (Å²) in [7, 11) is -3.32. The standard InChI is InChI=1S/C15H16N2O4S/c1-2-22(19,20)11-5-6-13-12(8-11)17-14(21-13)15(18)7-3-4-10(16)9-15/h3-6,8-9,18H,2,7,16H2,1H3. The molecular formula is C15H16N2O4S. The molecule has 1 atom stereocenters. The van der Waals surface area contributed by atoms with E-state index < -0.39 is 15.4 Å². The predicted molar refractivity (Wildman–Crippen MR) is 81.7 cm³/mol. The Balaban J connectivity index is 2.10. The Morgan fingerprint density at radius 1 is 1.45 bits per heavy atom. The molecule has 22 heavy (non-hydrogen) atoms. The fourth-order valence-electron chi connectivity index (χ4n) is 2.36. The third-order valence-electron chi connectivity index (χ3n) is 3.61. The van der Waals surface area contributed by atoms with Crippen molar-refractivity contribution >= 4 is 20.9 Å². The van der Waals surface area contributed by atoms with Gasteiger partial charge in [-0.1, -0.05) is 13.0 Å². The molecule has 0 radical (unpaired) electrons. The largest absolute Gasteiger partial charge is 0.437 e. The van der Waals surface area contributed by atoms with Gasteiger partial charge in [0, 0.05) is 12.1 Å². The smallest absolute Gasteiger partial charge is 0.231 e. The summed E-state index contributed by atoms with van der Waals surface area (Å²) in [5, 5.41) is 10.6. The van der Waals surface area contributed by atoms with Gasteiger partial charge in [0.25, 0.3) is 0 Å². The van der Waals surface area contributed by atoms with E-state index in [-0.39, 0.29) is 16.5 Å². The van der Waals surface area contributed by atoms with Crippen LogP contribution >= 0.6 is 0 Å². The number of hydrogen-bond acceptors (Lipinski definition) is 6. The Kier molecular flexibility index (Phi) is 3.34. The molecule has 1 heterocycles. The van der Waals surface area contributed by atoms with Gasteiger partial charge in [-0.25, -0.2) is 13.4 Å². The van der Waals surface area contributed by atoms with Crippen molar-refractivity contribution in [3.63, 3.8) is 0 Å². The number of aliphatic hydroxyl groups is 1. The van der Waals surface area contributed by atoms with Crippen molar-refractivity contribution < 1.29 is 17.9 Å². The van der Waals surface area contributed by atoms with Crippen LogP contribution in [0.2, 0.25) is 0 Å². The predicted octanol–water partition coefficient (Wildman–Crippen LogP) is 1.61. The number of nitrogens with two attached hydrogens (primary N) is 1. The van der Waals surface area contributed by atoms with Crippen molar-refractivity contribution in [2.45, 2.75) is 23.8 Å². The molecule has 3 rings (SSSR count). The number of aromatic nitrogens is 1. The molecule has 116 valence electrons. The number of rotatable bonds is 3. The Hall–Kier alpha value is -2.12. The van der Waals surface area contributed by atoms with Crippen molar-refractivity contribution in [2.75, 3.05) is 5.75 Å². The highest BCUT2D eigenvalue weighted by Crippen LogP contribution is 2.33. The topological polar surface area (TPSA) is 106 Å². The van der Waals surface area contributed by atoms with Crippen LogP contribution in [0.1, 0.15) is 19.2 Å². The molecule has 0 aliphatic heterocycles. The highest BCUT2D eigenvalue weighted by atomic mass is 32.2. The minimum Gasteiger partial charge on any atom is -0.437 e. The van der Waals surface area contributed by atoms with Crippen molar-refractivity contribution in [2.24, 2.45) is 5.73 Å². The number of oxazole rings is 1. The fourth-order valence-corrected chi connectivity index (χ4v) is 3.26. The number of allylic oxidation sites excluding steroid dienone is 1. The van der Waals surface area contributed by atoms with E-state index in [9.17, 15) is 13.5 Å². The van der Waals surface area contributed by atoms with Gasteiger partial charge in [-0.15, -0.1) is 0 Å². The molecule has 1 aromatic heterocycles. The van der Waals surface area contributed by atoms with Crippen molar-refractivity contribution in [3.8, 4) is 0 Å². The zero-order valence-electron chi connectivity index (χ0n) is 12.0. The number of sulfone groups is 1. The van der Waals surface area contributed by atoms with Gasteiger partial charge in [0.2, 0.25) is 5.89 Å². The first kappa shape index (κ1) is 14.8. The summed E-state index contributed by atoms with van der Waals surface area (Å²) in [6.07, 6.45) is 5.20. The normalized spacial score (nSPS) is 22.0. The van der Waals surface area contributed by atoms with E-state index in [1.807, 2.05) is 0 Å². The summed E-state index contributed by atoms with van der Waals surface area (Å²) in [6.45, 7) is 1.58. The Labute approximate surface area is 127 Å². The average molecular weight is 320 g/mol. The molecule has 0 saturated carbocycles. The first-order chi connectivity index (χ1) is 10.3. The summed E-state index contributed by atoms with van der Waals surface area (Å²) in [5.74, 6) is 0.109. The lowest BCUT2D eigenvalue weighted by molar-refractivity contribution is 0.0619. The molecule has 7 heteroatoms. The van der Waals surface area contributed by atoms with Gasteiger partial charge in [-0.2, -0.15) is 0 Å². The minimum absolute atomic E-state index is 0.0111. The van der Waals surface area contributed by atoms with E-state index in [1.54, 1.807) is 25.1 Å². The monoisotopic (exact) mass is 320 g/mol. The number of hydrogen-bond donors (Lipinski definition) is 2. The van der Waals surface area contributed by atoms with E-state index in [0.717, 1.165) is 0 Å². The Morgan fingerprint density at radius 3 is 2.91 bits per heavy atom. The molecule has 1 unspecified atom stereocenters. The van der Waals surface area contributed by atoms with Gasteiger partial charge in [-0.3, -0.25) is 0 Å². The van der Waals surface area contributed by atoms with E-state index in [1.165, 1.54) is 18.2 Å². The zero-order valence-corrected chi connectivity index (χ0v) is 12.8. The maximum absolute atomic E-state index is 11.9. The van der Waals surface area contributed by atoms with Crippen LogP contribution in [0.5, 0.6) is 0 Å². The van der Waals surface area contributed by atoms with Crippen LogP contribution < -0.4 is 5.73 Å². The molecule has 1 aromatic carbocycles. The van der Waals surface area contributed by atoms with Gasteiger partial charge in [0.1, 0.15) is 5.52 Å². The summed E-state index contributed by atoms with van der Waals surface area (Å²) < 4.78 is 29.4. The third-order valence-corrected chi connectivity index (χ3v) is 5.35. The second kappa shape index (κ2) is 4.96. The molecule has 0 spiro atoms. The molecular weight excluding hydrogens is 304 g/mol. The molecule has 0 fully saturated rings. The van der Waals surface area contributed by atoms with Gasteiger partial charge in [-0.05, 0) is 30.4 Å². The van der Waals surface area contributed by atoms with E-state index in [0.29, 0.717) is 23.2 Å². The molecule has 0 amide bonds. The summed E-state index contributed by atoms with van der Waals surface area (Å²) in [5.41, 5.74) is 5.52. The van der Waals surface area contributed by atoms with Crippen molar-refractivity contribution in [1.82, 2.24) is 4.98 Å². The average Bonchev–Trinajstić information content (AvgIpc) is 2.91. The number of benzene rings is 1. The third kappa shape index (κ3) is 2.42. The SMILES string of the molecule is CCS(=O)(=O)c1ccc2oc(C3(O)C=C(N)C=CC3)nc2c1. The van der Waals surface area contributed by atoms with E-state index in [4.69, 9.17) is 10.2 Å². The maximum atomic E-state index is 11.9. The Bertz CT molecular complexity index is 895. The number of fused-ring (bicyclic) bond motifs is 1. The molecule has 1 aliphatic rings. The van der Waals surface area contributed by atoms with Crippen LogP contribution in [0.4, 0.5) is 0 Å². The van der Waals surface area contributed by atoms with Crippen molar-refractivity contribution in [1.29, 1.82) is 0 Å². The minimum atomic E-state index is -3.32. The quantitative estimate of drug-likeness (QED) is 0.890. The maximum Gasteiger partial charge on any atom is 0.231 e. The van der Waals surface area contributed by atoms with E-state index in [2.05, 4.69) is 4.98 Å². The first-order valence-corrected chi connectivity index (χ1v) is 8.50. The first-order valence-electron chi connectivity index (χ1n) is 6.85. The van der Waals surface area contributed by atoms with Crippen LogP contribution in [-0.2, 0) is 15.4 Å². The van der Waals surface area contributed by atoms with Gasteiger partial charge in [0.15, 0.2) is 21.0 Å². The summed E-state index contributed by atoms with van der Waals surface area (Å²) in [6, 6.07) is 4.48. The van der Waals surface area contributed by atoms with Crippen LogP contribution in [0.3, 0.4) is 0 Å². The van der Waals surface area contributed by atoms with Gasteiger partial charge < -0.3 is 15.3 Å². The van der Waals surface area contributed by atoms with Crippen LogP contribution in [-0.4, -0.2) is 24.3 Å². The van der Waals surface area contributed by atoms with Crippen LogP contribution in [0.15, 0.2) is 51.4 Å². The molecule has 2 aromatic rings. The molecule has 1 aliphatic carbocycles. The molecule has 3 N–H and O–H groups in total. The lowest BCUT2D eigenvalue weighted by Gasteiger charge is -2.22. The molecule has 0 saturated heterocycles. The Morgan fingerprint density at radius 2 is 2.23 bits per heavy atom. The molecule has 6 nitrogen and oxygen atoms in total. The van der Waals surface area contributed by atoms with Crippen LogP contribution in [0.25, 0.3) is 11.1 Å². The summed E-state index contributed by atoms with van der Waals surface area (Å²) >= 11 is 0. The lowest BCUT2D eigenvalue weighted by atomic mass is 9.94. The van der Waals surface area contributed by atoms with Crippen molar-refractivity contribution in [3.05, 3.63) is 48.0 Å². The second-order valence-electron chi connectivity index (χ2n) is 5.23. The summed E-state index contributed by atoms with van der Waals surface area (Å²) in [4.78, 5) is 4.42. The molecule has 0 bridgehead atoms. The van der Waals surface area contributed by atoms with Gasteiger partial charge in [0.05, 0.1) is 10.6 Å². The number of nitrogens with zero attached hydrogens (tertiary/aromatic N) is 1. The lowest BCUT2D eigenvalue weighted by Crippen LogP contribution is -2.26.